The van der Waals surface area contributed by atoms with Crippen molar-refractivity contribution in [3.63, 3.8) is 0 Å². The number of amides is 1. The number of nitrogens with zero attached hydrogens (tertiary/aromatic N) is 3. The Labute approximate surface area is 146 Å². The molecule has 1 aliphatic carbocycles. The highest BCUT2D eigenvalue weighted by Gasteiger charge is 2.27. The van der Waals surface area contributed by atoms with Crippen molar-refractivity contribution in [2.45, 2.75) is 32.2 Å². The zero-order valence-corrected chi connectivity index (χ0v) is 13.7. The summed E-state index contributed by atoms with van der Waals surface area (Å²) in [5.74, 6) is -0.875. The van der Waals surface area contributed by atoms with Crippen molar-refractivity contribution in [2.75, 3.05) is 0 Å². The summed E-state index contributed by atoms with van der Waals surface area (Å²) >= 11 is 0. The minimum absolute atomic E-state index is 0.119. The van der Waals surface area contributed by atoms with Gasteiger partial charge in [-0.2, -0.15) is 13.8 Å². The minimum Gasteiger partial charge on any atom is -0.364 e. The van der Waals surface area contributed by atoms with Gasteiger partial charge in [-0.05, 0) is 37.0 Å². The minimum atomic E-state index is -2.80. The van der Waals surface area contributed by atoms with Crippen LogP contribution < -0.4 is 5.32 Å². The van der Waals surface area contributed by atoms with Crippen molar-refractivity contribution < 1.29 is 22.6 Å². The van der Waals surface area contributed by atoms with Gasteiger partial charge in [0.15, 0.2) is 5.69 Å². The second-order valence-electron chi connectivity index (χ2n) is 6.08. The first kappa shape index (κ1) is 16.4. The smallest absolute Gasteiger partial charge is 0.315 e. The van der Waals surface area contributed by atoms with Gasteiger partial charge < -0.3 is 14.4 Å². The van der Waals surface area contributed by atoms with E-state index in [0.29, 0.717) is 11.1 Å². The number of benzene rings is 1. The third-order valence-corrected chi connectivity index (χ3v) is 4.37. The lowest BCUT2D eigenvalue weighted by molar-refractivity contribution is 0.0927. The highest BCUT2D eigenvalue weighted by Crippen LogP contribution is 2.34. The van der Waals surface area contributed by atoms with Crippen LogP contribution in [0.25, 0.3) is 11.4 Å². The highest BCUT2D eigenvalue weighted by molar-refractivity contribution is 5.93. The molecule has 26 heavy (non-hydrogen) atoms. The van der Waals surface area contributed by atoms with Gasteiger partial charge in [-0.3, -0.25) is 4.79 Å². The molecule has 9 heteroatoms. The molecule has 134 valence electrons. The molecule has 1 amide bonds. The molecule has 0 saturated carbocycles. The van der Waals surface area contributed by atoms with Crippen LogP contribution >= 0.6 is 0 Å². The number of nitrogens with one attached hydrogen (secondary N) is 1. The highest BCUT2D eigenvalue weighted by atomic mass is 19.3. The first-order chi connectivity index (χ1) is 12.5. The molecule has 2 heterocycles. The first-order valence-electron chi connectivity index (χ1n) is 7.99. The van der Waals surface area contributed by atoms with Gasteiger partial charge >= 0.3 is 6.43 Å². The summed E-state index contributed by atoms with van der Waals surface area (Å²) in [5.41, 5.74) is 3.51. The summed E-state index contributed by atoms with van der Waals surface area (Å²) in [6, 6.07) is 5.26. The maximum Gasteiger partial charge on any atom is 0.315 e. The Morgan fingerprint density at radius 2 is 2.19 bits per heavy atom. The average Bonchev–Trinajstić information content (AvgIpc) is 3.34. The van der Waals surface area contributed by atoms with Gasteiger partial charge in [0.05, 0.1) is 6.04 Å². The summed E-state index contributed by atoms with van der Waals surface area (Å²) < 4.78 is 34.5. The van der Waals surface area contributed by atoms with Gasteiger partial charge in [0.1, 0.15) is 6.26 Å². The monoisotopic (exact) mass is 360 g/mol. The standard InChI is InChI=1S/C17H14F2N4O3/c1-8-7-25-22-13(8)16(24)20-12-5-3-9-6-10(2-4-11(9)12)15-21-17(14(18)19)26-23-15/h2,4,6-7,12,14H,3,5H2,1H3,(H,20,24). The van der Waals surface area contributed by atoms with Crippen molar-refractivity contribution in [1.29, 1.82) is 0 Å². The number of aromatic nitrogens is 3. The van der Waals surface area contributed by atoms with E-state index in [1.54, 1.807) is 13.0 Å². The number of carbonyl (C=O) groups excluding carboxylic acids is 1. The lowest BCUT2D eigenvalue weighted by Crippen LogP contribution is -2.27. The van der Waals surface area contributed by atoms with Crippen LogP contribution in [-0.2, 0) is 6.42 Å². The van der Waals surface area contributed by atoms with Crippen molar-refractivity contribution in [3.05, 3.63) is 52.7 Å². The van der Waals surface area contributed by atoms with Crippen molar-refractivity contribution in [2.24, 2.45) is 0 Å². The van der Waals surface area contributed by atoms with E-state index in [2.05, 4.69) is 25.1 Å². The van der Waals surface area contributed by atoms with Crippen LogP contribution in [0.4, 0.5) is 8.78 Å². The van der Waals surface area contributed by atoms with E-state index in [1.807, 2.05) is 12.1 Å². The van der Waals surface area contributed by atoms with Gasteiger partial charge in [-0.25, -0.2) is 0 Å². The Morgan fingerprint density at radius 1 is 1.35 bits per heavy atom. The predicted octanol–water partition coefficient (Wildman–Crippen LogP) is 3.39. The summed E-state index contributed by atoms with van der Waals surface area (Å²) in [6.07, 6.45) is 0.0920. The normalized spacial score (nSPS) is 16.1. The molecule has 1 unspecified atom stereocenters. The Bertz CT molecular complexity index is 967. The molecular formula is C17H14F2N4O3. The Morgan fingerprint density at radius 3 is 2.88 bits per heavy atom. The number of carbonyl (C=O) groups is 1. The van der Waals surface area contributed by atoms with Crippen molar-refractivity contribution in [3.8, 4) is 11.4 Å². The number of fused-ring (bicyclic) bond motifs is 1. The third-order valence-electron chi connectivity index (χ3n) is 4.37. The number of halogens is 2. The van der Waals surface area contributed by atoms with Crippen LogP contribution in [0.5, 0.6) is 0 Å². The molecule has 0 radical (unpaired) electrons. The molecule has 1 aliphatic rings. The zero-order valence-electron chi connectivity index (χ0n) is 13.7. The summed E-state index contributed by atoms with van der Waals surface area (Å²) in [5, 5.41) is 10.2. The molecule has 0 saturated heterocycles. The van der Waals surface area contributed by atoms with Gasteiger partial charge in [0.25, 0.3) is 11.8 Å². The molecule has 4 rings (SSSR count). The lowest BCUT2D eigenvalue weighted by Gasteiger charge is -2.13. The van der Waals surface area contributed by atoms with E-state index in [9.17, 15) is 13.6 Å². The SMILES string of the molecule is Cc1conc1C(=O)NC1CCc2cc(-c3noc(C(F)F)n3)ccc21. The van der Waals surface area contributed by atoms with Gasteiger partial charge in [-0.15, -0.1) is 0 Å². The molecule has 0 spiro atoms. The number of aryl methyl sites for hydroxylation is 2. The molecule has 3 aromatic rings. The van der Waals surface area contributed by atoms with Crippen LogP contribution in [0.1, 0.15) is 52.0 Å². The fourth-order valence-corrected chi connectivity index (χ4v) is 3.08. The maximum absolute atomic E-state index is 12.6. The van der Waals surface area contributed by atoms with Crippen LogP contribution in [0, 0.1) is 6.92 Å². The van der Waals surface area contributed by atoms with Gasteiger partial charge in [0.2, 0.25) is 5.82 Å². The molecule has 0 fully saturated rings. The Hall–Kier alpha value is -3.10. The molecule has 2 aromatic heterocycles. The number of alkyl halides is 2. The Balaban J connectivity index is 1.54. The van der Waals surface area contributed by atoms with Crippen molar-refractivity contribution in [1.82, 2.24) is 20.6 Å². The molecule has 1 atom stereocenters. The largest absolute Gasteiger partial charge is 0.364 e. The fraction of sp³-hybridized carbons (Fsp3) is 0.294. The third kappa shape index (κ3) is 2.85. The zero-order chi connectivity index (χ0) is 18.3. The average molecular weight is 360 g/mol. The Kier molecular flexibility index (Phi) is 3.98. The van der Waals surface area contributed by atoms with E-state index in [-0.39, 0.29) is 23.5 Å². The molecule has 1 aromatic carbocycles. The molecule has 7 nitrogen and oxygen atoms in total. The summed E-state index contributed by atoms with van der Waals surface area (Å²) in [6.45, 7) is 1.75. The first-order valence-corrected chi connectivity index (χ1v) is 7.99. The summed E-state index contributed by atoms with van der Waals surface area (Å²) in [7, 11) is 0. The second kappa shape index (κ2) is 6.32. The molecule has 1 N–H and O–H groups in total. The van der Waals surface area contributed by atoms with Crippen LogP contribution in [0.2, 0.25) is 0 Å². The van der Waals surface area contributed by atoms with Gasteiger partial charge in [0, 0.05) is 11.1 Å². The predicted molar refractivity (Wildman–Crippen MR) is 84.5 cm³/mol. The second-order valence-corrected chi connectivity index (χ2v) is 6.08. The lowest BCUT2D eigenvalue weighted by atomic mass is 10.0. The van der Waals surface area contributed by atoms with Crippen LogP contribution in [-0.4, -0.2) is 21.2 Å². The topological polar surface area (TPSA) is 94.1 Å². The van der Waals surface area contributed by atoms with Gasteiger partial charge in [-0.1, -0.05) is 22.4 Å². The van der Waals surface area contributed by atoms with E-state index in [4.69, 9.17) is 4.52 Å². The number of rotatable bonds is 4. The fourth-order valence-electron chi connectivity index (χ4n) is 3.08. The molecule has 0 bridgehead atoms. The van der Waals surface area contributed by atoms with E-state index in [1.165, 1.54) is 6.26 Å². The maximum atomic E-state index is 12.6. The number of hydrogen-bond acceptors (Lipinski definition) is 6. The van der Waals surface area contributed by atoms with Crippen molar-refractivity contribution >= 4 is 5.91 Å². The van der Waals surface area contributed by atoms with Crippen LogP contribution in [0.3, 0.4) is 0 Å². The molecule has 0 aliphatic heterocycles. The molecular weight excluding hydrogens is 346 g/mol. The quantitative estimate of drug-likeness (QED) is 0.766. The number of hydrogen-bond donors (Lipinski definition) is 1. The summed E-state index contributed by atoms with van der Waals surface area (Å²) in [4.78, 5) is 16.0. The van der Waals surface area contributed by atoms with Crippen LogP contribution in [0.15, 0.2) is 33.5 Å². The van der Waals surface area contributed by atoms with E-state index >= 15 is 0 Å². The van der Waals surface area contributed by atoms with E-state index < -0.39 is 12.3 Å². The van der Waals surface area contributed by atoms with E-state index in [0.717, 1.165) is 24.0 Å².